The van der Waals surface area contributed by atoms with Crippen LogP contribution in [0, 0.1) is 5.41 Å². The Balaban J connectivity index is 2.01. The van der Waals surface area contributed by atoms with Gasteiger partial charge in [0.1, 0.15) is 12.4 Å². The molecule has 0 atom stereocenters. The Hall–Kier alpha value is -1.83. The Kier molecular flexibility index (Phi) is 4.90. The lowest BCUT2D eigenvalue weighted by molar-refractivity contribution is 0.283. The largest absolute Gasteiger partial charge is 0.487 e. The summed E-state index contributed by atoms with van der Waals surface area (Å²) >= 11 is 0. The zero-order valence-corrected chi connectivity index (χ0v) is 14.4. The van der Waals surface area contributed by atoms with Crippen LogP contribution in [0.15, 0.2) is 48.7 Å². The molecule has 0 fully saturated rings. The van der Waals surface area contributed by atoms with Crippen molar-refractivity contribution in [1.29, 1.82) is 0 Å². The summed E-state index contributed by atoms with van der Waals surface area (Å²) in [5.74, 6) is 0.890. The third kappa shape index (κ3) is 4.87. The van der Waals surface area contributed by atoms with Gasteiger partial charge in [0.05, 0.1) is 5.69 Å². The maximum Gasteiger partial charge on any atom is 0.130 e. The van der Waals surface area contributed by atoms with E-state index in [0.717, 1.165) is 17.9 Å². The lowest BCUT2D eigenvalue weighted by Crippen LogP contribution is -2.24. The molecule has 2 heteroatoms. The van der Waals surface area contributed by atoms with Gasteiger partial charge in [-0.05, 0) is 47.1 Å². The normalized spacial score (nSPS) is 12.2. The van der Waals surface area contributed by atoms with Crippen LogP contribution >= 0.6 is 0 Å². The monoisotopic (exact) mass is 297 g/mol. The molecule has 0 saturated carbocycles. The topological polar surface area (TPSA) is 22.1 Å². The van der Waals surface area contributed by atoms with Crippen LogP contribution in [0.5, 0.6) is 5.75 Å². The van der Waals surface area contributed by atoms with E-state index in [4.69, 9.17) is 4.74 Å². The molecule has 0 bridgehead atoms. The Morgan fingerprint density at radius 1 is 0.909 bits per heavy atom. The molecule has 0 aliphatic rings. The second-order valence-electron chi connectivity index (χ2n) is 7.76. The van der Waals surface area contributed by atoms with Gasteiger partial charge in [-0.1, -0.05) is 52.8 Å². The average Bonchev–Trinajstić information content (AvgIpc) is 2.44. The molecule has 0 unspecified atom stereocenters. The van der Waals surface area contributed by atoms with Crippen LogP contribution in [-0.2, 0) is 12.0 Å². The molecule has 0 N–H and O–H groups in total. The molecule has 0 spiro atoms. The van der Waals surface area contributed by atoms with E-state index in [1.165, 1.54) is 5.56 Å². The number of aromatic nitrogens is 1. The lowest BCUT2D eigenvalue weighted by atomic mass is 9.72. The first-order valence-electron chi connectivity index (χ1n) is 7.90. The molecule has 1 aromatic heterocycles. The van der Waals surface area contributed by atoms with E-state index in [2.05, 4.69) is 63.9 Å². The van der Waals surface area contributed by atoms with Gasteiger partial charge in [0.2, 0.25) is 0 Å². The first kappa shape index (κ1) is 16.5. The van der Waals surface area contributed by atoms with Crippen molar-refractivity contribution in [2.75, 3.05) is 0 Å². The minimum absolute atomic E-state index is 0.164. The summed E-state index contributed by atoms with van der Waals surface area (Å²) < 4.78 is 5.80. The number of benzene rings is 1. The number of ether oxygens (including phenoxy) is 1. The fourth-order valence-electron chi connectivity index (χ4n) is 3.07. The number of hydrogen-bond donors (Lipinski definition) is 0. The second kappa shape index (κ2) is 6.51. The summed E-state index contributed by atoms with van der Waals surface area (Å²) in [6, 6.07) is 14.3. The molecule has 0 aliphatic carbocycles. The summed E-state index contributed by atoms with van der Waals surface area (Å²) in [5.41, 5.74) is 2.78. The van der Waals surface area contributed by atoms with Crippen LogP contribution in [0.4, 0.5) is 0 Å². The summed E-state index contributed by atoms with van der Waals surface area (Å²) in [6.45, 7) is 12.0. The minimum atomic E-state index is 0.164. The van der Waals surface area contributed by atoms with Crippen molar-refractivity contribution >= 4 is 0 Å². The zero-order valence-electron chi connectivity index (χ0n) is 14.4. The molecular weight excluding hydrogens is 270 g/mol. The van der Waals surface area contributed by atoms with Crippen molar-refractivity contribution in [2.45, 2.75) is 53.1 Å². The van der Waals surface area contributed by atoms with Crippen LogP contribution < -0.4 is 4.74 Å². The molecule has 0 saturated heterocycles. The van der Waals surface area contributed by atoms with Crippen LogP contribution in [0.25, 0.3) is 0 Å². The molecule has 1 aromatic carbocycles. The van der Waals surface area contributed by atoms with Gasteiger partial charge >= 0.3 is 0 Å². The van der Waals surface area contributed by atoms with Crippen molar-refractivity contribution < 1.29 is 4.74 Å². The molecule has 0 aliphatic heterocycles. The van der Waals surface area contributed by atoms with Gasteiger partial charge in [0.15, 0.2) is 0 Å². The third-order valence-corrected chi connectivity index (χ3v) is 3.72. The first-order chi connectivity index (χ1) is 10.3. The van der Waals surface area contributed by atoms with Crippen LogP contribution in [0.3, 0.4) is 0 Å². The summed E-state index contributed by atoms with van der Waals surface area (Å²) in [6.07, 6.45) is 2.94. The number of pyridine rings is 1. The van der Waals surface area contributed by atoms with Crippen molar-refractivity contribution in [3.05, 3.63) is 59.9 Å². The fourth-order valence-corrected chi connectivity index (χ4v) is 3.07. The highest BCUT2D eigenvalue weighted by atomic mass is 16.5. The average molecular weight is 297 g/mol. The number of nitrogens with zero attached hydrogens (tertiary/aromatic N) is 1. The van der Waals surface area contributed by atoms with Gasteiger partial charge in [-0.3, -0.25) is 4.98 Å². The third-order valence-electron chi connectivity index (χ3n) is 3.72. The smallest absolute Gasteiger partial charge is 0.130 e. The molecular formula is C20H27NO. The van der Waals surface area contributed by atoms with Crippen molar-refractivity contribution in [1.82, 2.24) is 4.98 Å². The van der Waals surface area contributed by atoms with E-state index in [9.17, 15) is 0 Å². The number of rotatable bonds is 5. The Labute approximate surface area is 134 Å². The lowest BCUT2D eigenvalue weighted by Gasteiger charge is -2.33. The van der Waals surface area contributed by atoms with Crippen molar-refractivity contribution in [3.63, 3.8) is 0 Å². The minimum Gasteiger partial charge on any atom is -0.487 e. The van der Waals surface area contributed by atoms with E-state index < -0.39 is 0 Å². The molecule has 2 aromatic rings. The maximum absolute atomic E-state index is 5.80. The molecule has 118 valence electrons. The van der Waals surface area contributed by atoms with E-state index >= 15 is 0 Å². The van der Waals surface area contributed by atoms with Gasteiger partial charge in [0.25, 0.3) is 0 Å². The van der Waals surface area contributed by atoms with E-state index in [1.807, 2.05) is 18.2 Å². The van der Waals surface area contributed by atoms with Gasteiger partial charge < -0.3 is 4.74 Å². The SMILES string of the molecule is CC(C)(C)CC(C)(C)c1ccc(OCc2ccccn2)cc1. The van der Waals surface area contributed by atoms with Gasteiger partial charge in [0, 0.05) is 6.20 Å². The van der Waals surface area contributed by atoms with Crippen LogP contribution in [-0.4, -0.2) is 4.98 Å². The fraction of sp³-hybridized carbons (Fsp3) is 0.450. The van der Waals surface area contributed by atoms with E-state index in [-0.39, 0.29) is 5.41 Å². The van der Waals surface area contributed by atoms with E-state index in [1.54, 1.807) is 6.20 Å². The maximum atomic E-state index is 5.80. The molecule has 1 heterocycles. The Morgan fingerprint density at radius 2 is 1.59 bits per heavy atom. The van der Waals surface area contributed by atoms with Gasteiger partial charge in [-0.25, -0.2) is 0 Å². The molecule has 2 nitrogen and oxygen atoms in total. The standard InChI is InChI=1S/C20H27NO/c1-19(2,3)15-20(4,5)16-9-11-18(12-10-16)22-14-17-8-6-7-13-21-17/h6-13H,14-15H2,1-5H3. The summed E-state index contributed by atoms with van der Waals surface area (Å²) in [5, 5.41) is 0. The molecule has 2 rings (SSSR count). The summed E-state index contributed by atoms with van der Waals surface area (Å²) in [7, 11) is 0. The highest BCUT2D eigenvalue weighted by Gasteiger charge is 2.27. The second-order valence-corrected chi connectivity index (χ2v) is 7.76. The number of hydrogen-bond acceptors (Lipinski definition) is 2. The Morgan fingerprint density at radius 3 is 2.14 bits per heavy atom. The van der Waals surface area contributed by atoms with Gasteiger partial charge in [-0.2, -0.15) is 0 Å². The van der Waals surface area contributed by atoms with Crippen LogP contribution in [0.1, 0.15) is 52.3 Å². The highest BCUT2D eigenvalue weighted by Crippen LogP contribution is 2.36. The predicted molar refractivity (Wildman–Crippen MR) is 92.1 cm³/mol. The van der Waals surface area contributed by atoms with Gasteiger partial charge in [-0.15, -0.1) is 0 Å². The van der Waals surface area contributed by atoms with E-state index in [0.29, 0.717) is 12.0 Å². The zero-order chi connectivity index (χ0) is 16.2. The summed E-state index contributed by atoms with van der Waals surface area (Å²) in [4.78, 5) is 4.27. The Bertz CT molecular complexity index is 579. The quantitative estimate of drug-likeness (QED) is 0.739. The van der Waals surface area contributed by atoms with Crippen molar-refractivity contribution in [3.8, 4) is 5.75 Å². The van der Waals surface area contributed by atoms with Crippen molar-refractivity contribution in [2.24, 2.45) is 5.41 Å². The predicted octanol–water partition coefficient (Wildman–Crippen LogP) is 5.37. The highest BCUT2D eigenvalue weighted by molar-refractivity contribution is 5.32. The first-order valence-corrected chi connectivity index (χ1v) is 7.90. The molecule has 0 radical (unpaired) electrons. The molecule has 22 heavy (non-hydrogen) atoms. The van der Waals surface area contributed by atoms with Crippen LogP contribution in [0.2, 0.25) is 0 Å². The molecule has 0 amide bonds.